The Balaban J connectivity index is 0.00000484. The number of nitrogens with zero attached hydrogens (tertiary/aromatic N) is 1. The Morgan fingerprint density at radius 2 is 1.91 bits per heavy atom. The Kier molecular flexibility index (Phi) is 11.2. The lowest BCUT2D eigenvalue weighted by atomic mass is 9.94. The van der Waals surface area contributed by atoms with Crippen LogP contribution in [-0.4, -0.2) is 56.1 Å². The lowest BCUT2D eigenvalue weighted by Gasteiger charge is -2.33. The quantitative estimate of drug-likeness (QED) is 0.644. The van der Waals surface area contributed by atoms with Gasteiger partial charge in [0.15, 0.2) is 0 Å². The SMILES string of the molecule is COCCCNC(=O)C1CCN(C(=O)[C@@H](N)CC(C)C)CC1.Cl. The van der Waals surface area contributed by atoms with E-state index in [1.807, 2.05) is 4.90 Å². The number of piperidine rings is 1. The first-order valence-electron chi connectivity index (χ1n) is 8.26. The molecule has 0 bridgehead atoms. The minimum Gasteiger partial charge on any atom is -0.385 e. The van der Waals surface area contributed by atoms with Crippen molar-refractivity contribution < 1.29 is 14.3 Å². The molecule has 0 saturated carbocycles. The second-order valence-electron chi connectivity index (χ2n) is 6.47. The number of carbonyl (C=O) groups is 2. The molecule has 1 fully saturated rings. The third kappa shape index (κ3) is 7.99. The van der Waals surface area contributed by atoms with Gasteiger partial charge < -0.3 is 20.7 Å². The van der Waals surface area contributed by atoms with Gasteiger partial charge in [0, 0.05) is 39.3 Å². The van der Waals surface area contributed by atoms with Crippen LogP contribution < -0.4 is 11.1 Å². The number of likely N-dealkylation sites (tertiary alicyclic amines) is 1. The van der Waals surface area contributed by atoms with Crippen molar-refractivity contribution in [1.29, 1.82) is 0 Å². The Morgan fingerprint density at radius 3 is 2.43 bits per heavy atom. The van der Waals surface area contributed by atoms with E-state index in [-0.39, 0.29) is 30.1 Å². The van der Waals surface area contributed by atoms with E-state index in [1.54, 1.807) is 7.11 Å². The van der Waals surface area contributed by atoms with E-state index in [0.717, 1.165) is 19.3 Å². The topological polar surface area (TPSA) is 84.7 Å². The normalized spacial score (nSPS) is 16.8. The zero-order chi connectivity index (χ0) is 16.5. The number of halogens is 1. The smallest absolute Gasteiger partial charge is 0.239 e. The summed E-state index contributed by atoms with van der Waals surface area (Å²) in [6.45, 7) is 6.67. The van der Waals surface area contributed by atoms with E-state index in [2.05, 4.69) is 19.2 Å². The summed E-state index contributed by atoms with van der Waals surface area (Å²) in [5.74, 6) is 0.532. The van der Waals surface area contributed by atoms with Crippen molar-refractivity contribution in [3.05, 3.63) is 0 Å². The molecule has 0 unspecified atom stereocenters. The Hall–Kier alpha value is -0.850. The van der Waals surface area contributed by atoms with Gasteiger partial charge in [0.05, 0.1) is 6.04 Å². The lowest BCUT2D eigenvalue weighted by molar-refractivity contribution is -0.137. The molecule has 1 rings (SSSR count). The molecule has 6 nitrogen and oxygen atoms in total. The van der Waals surface area contributed by atoms with Crippen LogP contribution in [0.15, 0.2) is 0 Å². The average Bonchev–Trinajstić information content (AvgIpc) is 2.50. The number of ether oxygens (including phenoxy) is 1. The first kappa shape index (κ1) is 22.1. The number of rotatable bonds is 8. The monoisotopic (exact) mass is 349 g/mol. The summed E-state index contributed by atoms with van der Waals surface area (Å²) in [5.41, 5.74) is 5.96. The summed E-state index contributed by atoms with van der Waals surface area (Å²) in [5, 5.41) is 2.93. The molecule has 0 spiro atoms. The maximum absolute atomic E-state index is 12.2. The zero-order valence-corrected chi connectivity index (χ0v) is 15.4. The molecule has 1 saturated heterocycles. The van der Waals surface area contributed by atoms with Gasteiger partial charge in [0.2, 0.25) is 11.8 Å². The molecule has 0 aromatic heterocycles. The van der Waals surface area contributed by atoms with Crippen LogP contribution in [0.2, 0.25) is 0 Å². The molecule has 0 radical (unpaired) electrons. The molecule has 7 heteroatoms. The van der Waals surface area contributed by atoms with Gasteiger partial charge in [-0.25, -0.2) is 0 Å². The van der Waals surface area contributed by atoms with E-state index in [4.69, 9.17) is 10.5 Å². The van der Waals surface area contributed by atoms with Crippen molar-refractivity contribution >= 4 is 24.2 Å². The number of methoxy groups -OCH3 is 1. The second-order valence-corrected chi connectivity index (χ2v) is 6.47. The van der Waals surface area contributed by atoms with E-state index in [1.165, 1.54) is 0 Å². The third-order valence-corrected chi connectivity index (χ3v) is 4.04. The summed E-state index contributed by atoms with van der Waals surface area (Å²) in [4.78, 5) is 26.1. The molecule has 0 aromatic carbocycles. The molecule has 23 heavy (non-hydrogen) atoms. The summed E-state index contributed by atoms with van der Waals surface area (Å²) in [7, 11) is 1.65. The Bertz CT molecular complexity index is 358. The largest absolute Gasteiger partial charge is 0.385 e. The van der Waals surface area contributed by atoms with Gasteiger partial charge in [-0.15, -0.1) is 12.4 Å². The summed E-state index contributed by atoms with van der Waals surface area (Å²) < 4.78 is 4.95. The molecular weight excluding hydrogens is 318 g/mol. The van der Waals surface area contributed by atoms with Gasteiger partial charge in [-0.05, 0) is 31.6 Å². The van der Waals surface area contributed by atoms with Gasteiger partial charge in [-0.3, -0.25) is 9.59 Å². The highest BCUT2D eigenvalue weighted by Crippen LogP contribution is 2.18. The van der Waals surface area contributed by atoms with Crippen LogP contribution in [0.5, 0.6) is 0 Å². The lowest BCUT2D eigenvalue weighted by Crippen LogP contribution is -2.49. The molecule has 1 heterocycles. The van der Waals surface area contributed by atoms with Crippen molar-refractivity contribution in [2.75, 3.05) is 33.4 Å². The number of hydrogen-bond acceptors (Lipinski definition) is 4. The zero-order valence-electron chi connectivity index (χ0n) is 14.5. The van der Waals surface area contributed by atoms with Gasteiger partial charge >= 0.3 is 0 Å². The first-order valence-corrected chi connectivity index (χ1v) is 8.26. The standard InChI is InChI=1S/C16H31N3O3.ClH/c1-12(2)11-14(17)16(21)19-8-5-13(6-9-19)15(20)18-7-4-10-22-3;/h12-14H,4-11,17H2,1-3H3,(H,18,20);1H/t14-;/m0./s1. The highest BCUT2D eigenvalue weighted by Gasteiger charge is 2.29. The number of amides is 2. The number of hydrogen-bond donors (Lipinski definition) is 2. The van der Waals surface area contributed by atoms with E-state index in [0.29, 0.717) is 38.6 Å². The number of nitrogens with one attached hydrogen (secondary N) is 1. The Morgan fingerprint density at radius 1 is 1.30 bits per heavy atom. The maximum atomic E-state index is 12.2. The van der Waals surface area contributed by atoms with Crippen LogP contribution in [0.1, 0.15) is 39.5 Å². The highest BCUT2D eigenvalue weighted by atomic mass is 35.5. The van der Waals surface area contributed by atoms with Gasteiger partial charge in [0.25, 0.3) is 0 Å². The van der Waals surface area contributed by atoms with Gasteiger partial charge in [0.1, 0.15) is 0 Å². The molecule has 3 N–H and O–H groups in total. The van der Waals surface area contributed by atoms with Crippen LogP contribution in [0.4, 0.5) is 0 Å². The molecule has 1 atom stereocenters. The van der Waals surface area contributed by atoms with Crippen molar-refractivity contribution in [3.63, 3.8) is 0 Å². The number of carbonyl (C=O) groups excluding carboxylic acids is 2. The fourth-order valence-electron chi connectivity index (χ4n) is 2.78. The molecule has 1 aliphatic heterocycles. The highest BCUT2D eigenvalue weighted by molar-refractivity contribution is 5.85. The van der Waals surface area contributed by atoms with Crippen molar-refractivity contribution in [1.82, 2.24) is 10.2 Å². The first-order chi connectivity index (χ1) is 10.5. The summed E-state index contributed by atoms with van der Waals surface area (Å²) in [6.07, 6.45) is 2.97. The van der Waals surface area contributed by atoms with Crippen molar-refractivity contribution in [2.45, 2.75) is 45.6 Å². The summed E-state index contributed by atoms with van der Waals surface area (Å²) in [6, 6.07) is -0.417. The maximum Gasteiger partial charge on any atom is 0.239 e. The van der Waals surface area contributed by atoms with E-state index in [9.17, 15) is 9.59 Å². The van der Waals surface area contributed by atoms with Crippen LogP contribution in [-0.2, 0) is 14.3 Å². The third-order valence-electron chi connectivity index (χ3n) is 4.04. The molecule has 0 aromatic rings. The number of nitrogens with two attached hydrogens (primary N) is 1. The predicted molar refractivity (Wildman–Crippen MR) is 93.5 cm³/mol. The minimum absolute atomic E-state index is 0. The van der Waals surface area contributed by atoms with Crippen LogP contribution in [0.25, 0.3) is 0 Å². The van der Waals surface area contributed by atoms with Crippen LogP contribution in [0.3, 0.4) is 0 Å². The molecular formula is C16H32ClN3O3. The molecule has 2 amide bonds. The van der Waals surface area contributed by atoms with Crippen LogP contribution in [0, 0.1) is 11.8 Å². The minimum atomic E-state index is -0.417. The summed E-state index contributed by atoms with van der Waals surface area (Å²) >= 11 is 0. The average molecular weight is 350 g/mol. The predicted octanol–water partition coefficient (Wildman–Crippen LogP) is 1.17. The molecule has 0 aliphatic carbocycles. The van der Waals surface area contributed by atoms with E-state index < -0.39 is 6.04 Å². The van der Waals surface area contributed by atoms with Crippen LogP contribution >= 0.6 is 12.4 Å². The second kappa shape index (κ2) is 11.6. The van der Waals surface area contributed by atoms with Gasteiger partial charge in [-0.2, -0.15) is 0 Å². The molecule has 1 aliphatic rings. The Labute approximate surface area is 145 Å². The van der Waals surface area contributed by atoms with Gasteiger partial charge in [-0.1, -0.05) is 13.8 Å². The van der Waals surface area contributed by atoms with E-state index >= 15 is 0 Å². The van der Waals surface area contributed by atoms with Crippen molar-refractivity contribution in [2.24, 2.45) is 17.6 Å². The fourth-order valence-corrected chi connectivity index (χ4v) is 2.78. The fraction of sp³-hybridized carbons (Fsp3) is 0.875. The van der Waals surface area contributed by atoms with Crippen molar-refractivity contribution in [3.8, 4) is 0 Å². The molecule has 136 valence electrons.